The lowest BCUT2D eigenvalue weighted by Gasteiger charge is -2.49. The summed E-state index contributed by atoms with van der Waals surface area (Å²) >= 11 is 5.85. The van der Waals surface area contributed by atoms with Gasteiger partial charge < -0.3 is 14.8 Å². The summed E-state index contributed by atoms with van der Waals surface area (Å²) in [5, 5.41) is 2.40. The summed E-state index contributed by atoms with van der Waals surface area (Å²) in [6.45, 7) is 0. The van der Waals surface area contributed by atoms with Crippen molar-refractivity contribution in [3.63, 3.8) is 0 Å². The Morgan fingerprint density at radius 2 is 1.81 bits per heavy atom. The van der Waals surface area contributed by atoms with Gasteiger partial charge in [-0.3, -0.25) is 14.5 Å². The summed E-state index contributed by atoms with van der Waals surface area (Å²) in [4.78, 5) is 40.0. The maximum absolute atomic E-state index is 13.0. The second-order valence-corrected chi connectivity index (χ2v) is 8.94. The molecule has 2 aliphatic heterocycles. The molecule has 32 heavy (non-hydrogen) atoms. The Hall–Kier alpha value is -2.75. The molecule has 0 radical (unpaired) electrons. The number of ether oxygens (including phenoxy) is 2. The Morgan fingerprint density at radius 3 is 2.47 bits per heavy atom. The number of nitrogens with zero attached hydrogens (tertiary/aromatic N) is 1. The lowest BCUT2D eigenvalue weighted by molar-refractivity contribution is -0.175. The van der Waals surface area contributed by atoms with Crippen LogP contribution in [0.4, 0.5) is 0 Å². The Bertz CT molecular complexity index is 1040. The zero-order valence-electron chi connectivity index (χ0n) is 17.3. The number of rotatable bonds is 7. The number of hydrogen-bond acceptors (Lipinski definition) is 7. The second kappa shape index (κ2) is 9.81. The number of thioether (sulfide) groups is 1. The summed E-state index contributed by atoms with van der Waals surface area (Å²) in [7, 11) is 1.44. The quantitative estimate of drug-likeness (QED) is 0.280. The van der Waals surface area contributed by atoms with Crippen molar-refractivity contribution >= 4 is 42.2 Å². The molecular weight excluding hydrogens is 448 g/mol. The van der Waals surface area contributed by atoms with Gasteiger partial charge in [0.15, 0.2) is 0 Å². The summed E-state index contributed by atoms with van der Waals surface area (Å²) in [6, 6.07) is 17.6. The standard InChI is InChI=1S/C23H22N2O5S2/c1-29-23(15-10-6-3-7-11-15)30-22(28)19-16(31)13-32-21-18(20(27)25(19)21)24-17(26)12-14-8-4-2-5-9-14/h2-11,18,21,23,31H,12-13H2,1H3,(H,24,26)/t18-,21+,23?/m1/s1. The van der Waals surface area contributed by atoms with Crippen molar-refractivity contribution < 1.29 is 23.9 Å². The number of fused-ring (bicyclic) bond motifs is 1. The first-order valence-corrected chi connectivity index (χ1v) is 11.5. The average molecular weight is 471 g/mol. The lowest BCUT2D eigenvalue weighted by atomic mass is 10.0. The SMILES string of the molecule is COC(OC(=O)C1=C(S)CS[C@H]2[C@H](NC(=O)Cc3ccccc3)C(=O)N12)c1ccccc1. The Balaban J connectivity index is 1.43. The molecule has 1 fully saturated rings. The molecule has 0 saturated carbocycles. The van der Waals surface area contributed by atoms with Crippen LogP contribution < -0.4 is 5.32 Å². The van der Waals surface area contributed by atoms with Crippen LogP contribution in [-0.2, 0) is 30.3 Å². The van der Waals surface area contributed by atoms with Gasteiger partial charge in [0.2, 0.25) is 12.2 Å². The topological polar surface area (TPSA) is 84.9 Å². The number of hydrogen-bond donors (Lipinski definition) is 2. The Morgan fingerprint density at radius 1 is 1.16 bits per heavy atom. The molecule has 1 unspecified atom stereocenters. The van der Waals surface area contributed by atoms with Gasteiger partial charge in [0.1, 0.15) is 17.1 Å². The van der Waals surface area contributed by atoms with E-state index in [1.807, 2.05) is 48.5 Å². The molecular formula is C23H22N2O5S2. The minimum Gasteiger partial charge on any atom is -0.427 e. The number of esters is 1. The van der Waals surface area contributed by atoms with E-state index >= 15 is 0 Å². The van der Waals surface area contributed by atoms with Gasteiger partial charge in [-0.2, -0.15) is 0 Å². The molecule has 9 heteroatoms. The molecule has 7 nitrogen and oxygen atoms in total. The van der Waals surface area contributed by atoms with Crippen molar-refractivity contribution in [3.8, 4) is 0 Å². The number of benzene rings is 2. The van der Waals surface area contributed by atoms with Gasteiger partial charge in [0.05, 0.1) is 6.42 Å². The molecule has 0 aliphatic carbocycles. The number of carbonyl (C=O) groups excluding carboxylic acids is 3. The van der Waals surface area contributed by atoms with Gasteiger partial charge in [-0.15, -0.1) is 24.4 Å². The zero-order valence-corrected chi connectivity index (χ0v) is 19.0. The van der Waals surface area contributed by atoms with Crippen LogP contribution >= 0.6 is 24.4 Å². The van der Waals surface area contributed by atoms with Crippen LogP contribution in [0.2, 0.25) is 0 Å². The fourth-order valence-electron chi connectivity index (χ4n) is 3.61. The van der Waals surface area contributed by atoms with E-state index in [9.17, 15) is 14.4 Å². The van der Waals surface area contributed by atoms with Crippen molar-refractivity contribution in [2.75, 3.05) is 12.9 Å². The van der Waals surface area contributed by atoms with Gasteiger partial charge >= 0.3 is 5.97 Å². The summed E-state index contributed by atoms with van der Waals surface area (Å²) in [5.74, 6) is -0.881. The first kappa shape index (κ1) is 22.4. The summed E-state index contributed by atoms with van der Waals surface area (Å²) < 4.78 is 10.8. The van der Waals surface area contributed by atoms with Gasteiger partial charge in [0.25, 0.3) is 5.91 Å². The van der Waals surface area contributed by atoms with Gasteiger partial charge in [-0.05, 0) is 5.56 Å². The second-order valence-electron chi connectivity index (χ2n) is 7.30. The van der Waals surface area contributed by atoms with E-state index in [1.165, 1.54) is 23.8 Å². The fourth-order valence-corrected chi connectivity index (χ4v) is 5.24. The molecule has 166 valence electrons. The minimum atomic E-state index is -0.914. The molecule has 4 rings (SSSR count). The summed E-state index contributed by atoms with van der Waals surface area (Å²) in [6.07, 6.45) is -0.736. The predicted octanol–water partition coefficient (Wildman–Crippen LogP) is 2.66. The van der Waals surface area contributed by atoms with E-state index in [4.69, 9.17) is 9.47 Å². The fraction of sp³-hybridized carbons (Fsp3) is 0.261. The number of β-lactam (4-membered cyclic amide) rings is 1. The van der Waals surface area contributed by atoms with E-state index in [-0.39, 0.29) is 23.9 Å². The molecule has 2 amide bonds. The Kier molecular flexibility index (Phi) is 6.88. The van der Waals surface area contributed by atoms with Gasteiger partial charge in [-0.25, -0.2) is 4.79 Å². The third kappa shape index (κ3) is 4.55. The number of amides is 2. The minimum absolute atomic E-state index is 0.0913. The number of nitrogens with one attached hydrogen (secondary N) is 1. The highest BCUT2D eigenvalue weighted by molar-refractivity contribution is 8.01. The molecule has 2 aromatic rings. The highest BCUT2D eigenvalue weighted by Crippen LogP contribution is 2.42. The van der Waals surface area contributed by atoms with E-state index in [0.29, 0.717) is 16.2 Å². The van der Waals surface area contributed by atoms with E-state index in [2.05, 4.69) is 17.9 Å². The van der Waals surface area contributed by atoms with Crippen LogP contribution in [0.15, 0.2) is 71.3 Å². The smallest absolute Gasteiger partial charge is 0.358 e. The first-order valence-electron chi connectivity index (χ1n) is 9.98. The predicted molar refractivity (Wildman–Crippen MR) is 123 cm³/mol. The first-order chi connectivity index (χ1) is 15.5. The number of carbonyl (C=O) groups is 3. The molecule has 0 spiro atoms. The van der Waals surface area contributed by atoms with Gasteiger partial charge in [-0.1, -0.05) is 60.7 Å². The molecule has 2 aromatic carbocycles. The van der Waals surface area contributed by atoms with Crippen molar-refractivity contribution in [2.45, 2.75) is 24.1 Å². The van der Waals surface area contributed by atoms with Crippen LogP contribution in [0.5, 0.6) is 0 Å². The highest BCUT2D eigenvalue weighted by Gasteiger charge is 2.54. The molecule has 1 saturated heterocycles. The molecule has 0 bridgehead atoms. The molecule has 3 atom stereocenters. The maximum Gasteiger partial charge on any atom is 0.358 e. The van der Waals surface area contributed by atoms with Crippen LogP contribution in [0.25, 0.3) is 0 Å². The number of thiol groups is 1. The third-order valence-corrected chi connectivity index (χ3v) is 7.03. The van der Waals surface area contributed by atoms with Crippen molar-refractivity contribution in [3.05, 3.63) is 82.4 Å². The lowest BCUT2D eigenvalue weighted by Crippen LogP contribution is -2.70. The maximum atomic E-state index is 13.0. The van der Waals surface area contributed by atoms with Gasteiger partial charge in [0, 0.05) is 23.3 Å². The normalized spacial score (nSPS) is 20.8. The highest BCUT2D eigenvalue weighted by atomic mass is 32.2. The monoisotopic (exact) mass is 470 g/mol. The largest absolute Gasteiger partial charge is 0.427 e. The van der Waals surface area contributed by atoms with Crippen LogP contribution in [0.3, 0.4) is 0 Å². The van der Waals surface area contributed by atoms with E-state index in [0.717, 1.165) is 5.56 Å². The number of methoxy groups -OCH3 is 1. The summed E-state index contributed by atoms with van der Waals surface area (Å²) in [5.41, 5.74) is 1.62. The van der Waals surface area contributed by atoms with Crippen LogP contribution in [-0.4, -0.2) is 47.0 Å². The molecule has 1 N–H and O–H groups in total. The average Bonchev–Trinajstić information content (AvgIpc) is 2.81. The van der Waals surface area contributed by atoms with Crippen molar-refractivity contribution in [1.82, 2.24) is 10.2 Å². The van der Waals surface area contributed by atoms with E-state index in [1.54, 1.807) is 12.1 Å². The third-order valence-electron chi connectivity index (χ3n) is 5.17. The zero-order chi connectivity index (χ0) is 22.7. The van der Waals surface area contributed by atoms with Crippen molar-refractivity contribution in [1.29, 1.82) is 0 Å². The van der Waals surface area contributed by atoms with E-state index < -0.39 is 23.7 Å². The molecule has 2 aliphatic rings. The molecule has 0 aromatic heterocycles. The van der Waals surface area contributed by atoms with Crippen LogP contribution in [0, 0.1) is 0 Å². The molecule has 2 heterocycles. The van der Waals surface area contributed by atoms with Crippen LogP contribution in [0.1, 0.15) is 17.4 Å². The Labute approximate surface area is 195 Å². The van der Waals surface area contributed by atoms with Crippen molar-refractivity contribution in [2.24, 2.45) is 0 Å².